The van der Waals surface area contributed by atoms with Crippen LogP contribution >= 0.6 is 0 Å². The second kappa shape index (κ2) is 3.13. The molecule has 0 saturated carbocycles. The Morgan fingerprint density at radius 3 is 3.00 bits per heavy atom. The standard InChI is InChI=1S/C11H12O2/c1-8-6-7-13-10-5-3-4-9(12-2)11(8)10/h3-6H,7H2,1-2H3. The molecule has 2 heteroatoms. The number of allylic oxidation sites excluding steroid dienone is 1. The molecule has 2 nitrogen and oxygen atoms in total. The molecule has 13 heavy (non-hydrogen) atoms. The lowest BCUT2D eigenvalue weighted by molar-refractivity contribution is 0.350. The van der Waals surface area contributed by atoms with E-state index in [9.17, 15) is 0 Å². The van der Waals surface area contributed by atoms with Crippen LogP contribution in [0, 0.1) is 0 Å². The van der Waals surface area contributed by atoms with E-state index < -0.39 is 0 Å². The fourth-order valence-corrected chi connectivity index (χ4v) is 1.55. The highest BCUT2D eigenvalue weighted by molar-refractivity contribution is 5.75. The van der Waals surface area contributed by atoms with Crippen LogP contribution in [-0.4, -0.2) is 13.7 Å². The van der Waals surface area contributed by atoms with Crippen molar-refractivity contribution in [2.75, 3.05) is 13.7 Å². The largest absolute Gasteiger partial charge is 0.496 e. The molecular formula is C11H12O2. The first kappa shape index (κ1) is 8.17. The zero-order chi connectivity index (χ0) is 9.26. The number of hydrogen-bond donors (Lipinski definition) is 0. The van der Waals surface area contributed by atoms with Crippen molar-refractivity contribution in [2.24, 2.45) is 0 Å². The van der Waals surface area contributed by atoms with Crippen molar-refractivity contribution >= 4 is 5.57 Å². The van der Waals surface area contributed by atoms with Gasteiger partial charge in [0.1, 0.15) is 18.1 Å². The number of methoxy groups -OCH3 is 1. The fourth-order valence-electron chi connectivity index (χ4n) is 1.55. The van der Waals surface area contributed by atoms with E-state index in [2.05, 4.69) is 13.0 Å². The van der Waals surface area contributed by atoms with E-state index >= 15 is 0 Å². The predicted octanol–water partition coefficient (Wildman–Crippen LogP) is 2.49. The van der Waals surface area contributed by atoms with Gasteiger partial charge in [-0.05, 0) is 30.7 Å². The van der Waals surface area contributed by atoms with E-state index in [-0.39, 0.29) is 0 Å². The van der Waals surface area contributed by atoms with Crippen LogP contribution in [0.5, 0.6) is 11.5 Å². The molecule has 2 rings (SSSR count). The Balaban J connectivity index is 2.60. The van der Waals surface area contributed by atoms with Crippen molar-refractivity contribution in [3.8, 4) is 11.5 Å². The van der Waals surface area contributed by atoms with E-state index in [4.69, 9.17) is 9.47 Å². The maximum atomic E-state index is 5.48. The summed E-state index contributed by atoms with van der Waals surface area (Å²) in [6.07, 6.45) is 2.06. The van der Waals surface area contributed by atoms with Crippen molar-refractivity contribution in [3.05, 3.63) is 29.8 Å². The van der Waals surface area contributed by atoms with E-state index in [0.29, 0.717) is 6.61 Å². The first-order chi connectivity index (χ1) is 6.33. The smallest absolute Gasteiger partial charge is 0.130 e. The van der Waals surface area contributed by atoms with Gasteiger partial charge in [0, 0.05) is 0 Å². The quantitative estimate of drug-likeness (QED) is 0.654. The Hall–Kier alpha value is -1.44. The average Bonchev–Trinajstić information content (AvgIpc) is 2.17. The predicted molar refractivity (Wildman–Crippen MR) is 52.1 cm³/mol. The third-order valence-corrected chi connectivity index (χ3v) is 2.23. The summed E-state index contributed by atoms with van der Waals surface area (Å²) < 4.78 is 10.7. The molecular weight excluding hydrogens is 164 g/mol. The number of fused-ring (bicyclic) bond motifs is 1. The second-order valence-electron chi connectivity index (χ2n) is 3.03. The lowest BCUT2D eigenvalue weighted by atomic mass is 10.0. The minimum absolute atomic E-state index is 0.659. The molecule has 1 heterocycles. The van der Waals surface area contributed by atoms with Crippen LogP contribution in [0.2, 0.25) is 0 Å². The average molecular weight is 176 g/mol. The molecule has 0 atom stereocenters. The summed E-state index contributed by atoms with van der Waals surface area (Å²) in [4.78, 5) is 0. The molecule has 1 aliphatic heterocycles. The lowest BCUT2D eigenvalue weighted by Gasteiger charge is -2.18. The lowest BCUT2D eigenvalue weighted by Crippen LogP contribution is -2.04. The van der Waals surface area contributed by atoms with Gasteiger partial charge in [0.2, 0.25) is 0 Å². The van der Waals surface area contributed by atoms with Crippen LogP contribution in [0.1, 0.15) is 12.5 Å². The third-order valence-electron chi connectivity index (χ3n) is 2.23. The van der Waals surface area contributed by atoms with Gasteiger partial charge in [-0.3, -0.25) is 0 Å². The van der Waals surface area contributed by atoms with Gasteiger partial charge in [-0.15, -0.1) is 0 Å². The van der Waals surface area contributed by atoms with Gasteiger partial charge in [0.25, 0.3) is 0 Å². The molecule has 0 radical (unpaired) electrons. The normalized spacial score (nSPS) is 14.2. The zero-order valence-corrected chi connectivity index (χ0v) is 7.83. The topological polar surface area (TPSA) is 18.5 Å². The Bertz CT molecular complexity index is 353. The Kier molecular flexibility index (Phi) is 1.97. The highest BCUT2D eigenvalue weighted by Gasteiger charge is 2.14. The number of benzene rings is 1. The van der Waals surface area contributed by atoms with Gasteiger partial charge in [-0.2, -0.15) is 0 Å². The van der Waals surface area contributed by atoms with Crippen molar-refractivity contribution in [2.45, 2.75) is 6.92 Å². The maximum Gasteiger partial charge on any atom is 0.130 e. The van der Waals surface area contributed by atoms with Crippen LogP contribution in [0.25, 0.3) is 5.57 Å². The minimum atomic E-state index is 0.659. The molecule has 0 aromatic heterocycles. The van der Waals surface area contributed by atoms with Crippen LogP contribution in [0.3, 0.4) is 0 Å². The van der Waals surface area contributed by atoms with Crippen molar-refractivity contribution < 1.29 is 9.47 Å². The second-order valence-corrected chi connectivity index (χ2v) is 3.03. The molecule has 1 aromatic carbocycles. The maximum absolute atomic E-state index is 5.48. The van der Waals surface area contributed by atoms with Gasteiger partial charge in [-0.1, -0.05) is 6.07 Å². The third kappa shape index (κ3) is 1.28. The van der Waals surface area contributed by atoms with Gasteiger partial charge in [-0.25, -0.2) is 0 Å². The van der Waals surface area contributed by atoms with Gasteiger partial charge in [0.15, 0.2) is 0 Å². The summed E-state index contributed by atoms with van der Waals surface area (Å²) in [5.41, 5.74) is 2.30. The molecule has 68 valence electrons. The number of ether oxygens (including phenoxy) is 2. The van der Waals surface area contributed by atoms with Crippen molar-refractivity contribution in [1.29, 1.82) is 0 Å². The van der Waals surface area contributed by atoms with Crippen LogP contribution in [0.4, 0.5) is 0 Å². The summed E-state index contributed by atoms with van der Waals surface area (Å²) in [5, 5.41) is 0. The molecule has 0 N–H and O–H groups in total. The molecule has 0 saturated heterocycles. The molecule has 0 aliphatic carbocycles. The van der Waals surface area contributed by atoms with Gasteiger partial charge < -0.3 is 9.47 Å². The van der Waals surface area contributed by atoms with E-state index in [1.807, 2.05) is 18.2 Å². The summed E-state index contributed by atoms with van der Waals surface area (Å²) in [7, 11) is 1.68. The van der Waals surface area contributed by atoms with Crippen LogP contribution in [0.15, 0.2) is 24.3 Å². The molecule has 0 unspecified atom stereocenters. The van der Waals surface area contributed by atoms with Crippen LogP contribution < -0.4 is 9.47 Å². The Labute approximate surface area is 77.8 Å². The first-order valence-electron chi connectivity index (χ1n) is 4.30. The summed E-state index contributed by atoms with van der Waals surface area (Å²) >= 11 is 0. The zero-order valence-electron chi connectivity index (χ0n) is 7.83. The molecule has 0 amide bonds. The van der Waals surface area contributed by atoms with E-state index in [0.717, 1.165) is 17.1 Å². The molecule has 1 aromatic rings. The summed E-state index contributed by atoms with van der Waals surface area (Å²) in [5.74, 6) is 1.80. The minimum Gasteiger partial charge on any atom is -0.496 e. The van der Waals surface area contributed by atoms with Gasteiger partial charge in [0.05, 0.1) is 12.7 Å². The summed E-state index contributed by atoms with van der Waals surface area (Å²) in [6.45, 7) is 2.73. The van der Waals surface area contributed by atoms with Gasteiger partial charge >= 0.3 is 0 Å². The molecule has 1 aliphatic rings. The first-order valence-corrected chi connectivity index (χ1v) is 4.30. The highest BCUT2D eigenvalue weighted by atomic mass is 16.5. The van der Waals surface area contributed by atoms with Crippen molar-refractivity contribution in [3.63, 3.8) is 0 Å². The SMILES string of the molecule is COc1cccc2c1C(C)=CCO2. The fraction of sp³-hybridized carbons (Fsp3) is 0.273. The highest BCUT2D eigenvalue weighted by Crippen LogP contribution is 2.36. The monoisotopic (exact) mass is 176 g/mol. The Morgan fingerprint density at radius 1 is 1.38 bits per heavy atom. The van der Waals surface area contributed by atoms with Crippen molar-refractivity contribution in [1.82, 2.24) is 0 Å². The van der Waals surface area contributed by atoms with E-state index in [1.165, 1.54) is 5.57 Å². The molecule has 0 bridgehead atoms. The molecule has 0 fully saturated rings. The summed E-state index contributed by atoms with van der Waals surface area (Å²) in [6, 6.07) is 5.86. The van der Waals surface area contributed by atoms with Crippen LogP contribution in [-0.2, 0) is 0 Å². The van der Waals surface area contributed by atoms with E-state index in [1.54, 1.807) is 7.11 Å². The number of rotatable bonds is 1. The number of hydrogen-bond acceptors (Lipinski definition) is 2. The molecule has 0 spiro atoms. The Morgan fingerprint density at radius 2 is 2.23 bits per heavy atom.